The van der Waals surface area contributed by atoms with E-state index in [1.807, 2.05) is 24.3 Å². The number of hydrogen-bond donors (Lipinski definition) is 1. The Morgan fingerprint density at radius 1 is 1.27 bits per heavy atom. The molecule has 1 aromatic carbocycles. The standard InChI is InChI=1S/C11H10BrNO2/c12-9-3-1-7(2-4-9)5-8-6-10(14)13-11(8)15/h1-4,8H,5-6H2,(H,13,14,15). The summed E-state index contributed by atoms with van der Waals surface area (Å²) in [6, 6.07) is 7.79. The number of rotatable bonds is 2. The molecule has 1 saturated heterocycles. The molecule has 0 bridgehead atoms. The Balaban J connectivity index is 2.06. The highest BCUT2D eigenvalue weighted by molar-refractivity contribution is 9.10. The molecular formula is C11H10BrNO2. The molecule has 1 aromatic rings. The molecule has 4 heteroatoms. The molecule has 1 fully saturated rings. The fourth-order valence-corrected chi connectivity index (χ4v) is 1.94. The zero-order valence-electron chi connectivity index (χ0n) is 8.00. The highest BCUT2D eigenvalue weighted by Crippen LogP contribution is 2.18. The van der Waals surface area contributed by atoms with Crippen molar-refractivity contribution < 1.29 is 9.59 Å². The number of benzene rings is 1. The molecule has 2 rings (SSSR count). The quantitative estimate of drug-likeness (QED) is 0.829. The Morgan fingerprint density at radius 2 is 1.93 bits per heavy atom. The molecule has 0 spiro atoms. The average Bonchev–Trinajstić information content (AvgIpc) is 2.49. The van der Waals surface area contributed by atoms with Gasteiger partial charge >= 0.3 is 0 Å². The zero-order chi connectivity index (χ0) is 10.8. The summed E-state index contributed by atoms with van der Waals surface area (Å²) in [5.41, 5.74) is 1.08. The van der Waals surface area contributed by atoms with Crippen molar-refractivity contribution in [3.05, 3.63) is 34.3 Å². The van der Waals surface area contributed by atoms with Crippen molar-refractivity contribution in [3.8, 4) is 0 Å². The van der Waals surface area contributed by atoms with Crippen molar-refractivity contribution in [3.63, 3.8) is 0 Å². The minimum Gasteiger partial charge on any atom is -0.296 e. The SMILES string of the molecule is O=C1CC(Cc2ccc(Br)cc2)C(=O)N1. The van der Waals surface area contributed by atoms with Crippen LogP contribution in [0.3, 0.4) is 0 Å². The Kier molecular flexibility index (Phi) is 2.86. The van der Waals surface area contributed by atoms with Gasteiger partial charge in [0.25, 0.3) is 0 Å². The van der Waals surface area contributed by atoms with Crippen molar-refractivity contribution in [1.82, 2.24) is 5.32 Å². The molecule has 78 valence electrons. The molecule has 1 aliphatic heterocycles. The third kappa shape index (κ3) is 2.45. The van der Waals surface area contributed by atoms with E-state index in [1.165, 1.54) is 0 Å². The maximum atomic E-state index is 11.3. The molecule has 1 N–H and O–H groups in total. The molecule has 1 atom stereocenters. The van der Waals surface area contributed by atoms with Crippen LogP contribution < -0.4 is 5.32 Å². The van der Waals surface area contributed by atoms with Gasteiger partial charge in [-0.25, -0.2) is 0 Å². The summed E-state index contributed by atoms with van der Waals surface area (Å²) in [6.45, 7) is 0. The van der Waals surface area contributed by atoms with Crippen LogP contribution in [0.4, 0.5) is 0 Å². The smallest absolute Gasteiger partial charge is 0.230 e. The Hall–Kier alpha value is -1.16. The van der Waals surface area contributed by atoms with Gasteiger partial charge in [-0.2, -0.15) is 0 Å². The summed E-state index contributed by atoms with van der Waals surface area (Å²) in [5, 5.41) is 2.31. The lowest BCUT2D eigenvalue weighted by Crippen LogP contribution is -2.22. The second-order valence-electron chi connectivity index (χ2n) is 3.64. The fraction of sp³-hybridized carbons (Fsp3) is 0.273. The van der Waals surface area contributed by atoms with Crippen molar-refractivity contribution >= 4 is 27.7 Å². The highest BCUT2D eigenvalue weighted by atomic mass is 79.9. The molecule has 1 unspecified atom stereocenters. The molecule has 1 aliphatic rings. The summed E-state index contributed by atoms with van der Waals surface area (Å²) in [5.74, 6) is -0.510. The predicted molar refractivity (Wildman–Crippen MR) is 59.1 cm³/mol. The van der Waals surface area contributed by atoms with Gasteiger partial charge in [0.05, 0.1) is 5.92 Å². The summed E-state index contributed by atoms with van der Waals surface area (Å²) < 4.78 is 1.01. The van der Waals surface area contributed by atoms with E-state index in [0.717, 1.165) is 10.0 Å². The summed E-state index contributed by atoms with van der Waals surface area (Å²) in [7, 11) is 0. The lowest BCUT2D eigenvalue weighted by Gasteiger charge is -2.05. The van der Waals surface area contributed by atoms with Crippen molar-refractivity contribution in [2.75, 3.05) is 0 Å². The minimum absolute atomic E-state index is 0.150. The molecule has 2 amide bonds. The molecule has 15 heavy (non-hydrogen) atoms. The number of imide groups is 1. The topological polar surface area (TPSA) is 46.2 Å². The van der Waals surface area contributed by atoms with E-state index in [0.29, 0.717) is 12.8 Å². The Labute approximate surface area is 96.0 Å². The third-order valence-electron chi connectivity index (χ3n) is 2.46. The molecule has 3 nitrogen and oxygen atoms in total. The minimum atomic E-state index is -0.196. The molecule has 0 saturated carbocycles. The van der Waals surface area contributed by atoms with Crippen LogP contribution in [0.2, 0.25) is 0 Å². The van der Waals surface area contributed by atoms with Gasteiger partial charge in [-0.05, 0) is 24.1 Å². The van der Waals surface area contributed by atoms with Gasteiger partial charge in [0.2, 0.25) is 11.8 Å². The van der Waals surface area contributed by atoms with E-state index in [-0.39, 0.29) is 17.7 Å². The predicted octanol–water partition coefficient (Wildman–Crippen LogP) is 1.65. The van der Waals surface area contributed by atoms with Crippen LogP contribution in [0.25, 0.3) is 0 Å². The van der Waals surface area contributed by atoms with E-state index in [2.05, 4.69) is 21.2 Å². The number of hydrogen-bond acceptors (Lipinski definition) is 2. The summed E-state index contributed by atoms with van der Waals surface area (Å²) in [4.78, 5) is 22.3. The van der Waals surface area contributed by atoms with Gasteiger partial charge in [-0.3, -0.25) is 14.9 Å². The first-order chi connectivity index (χ1) is 7.15. The maximum Gasteiger partial charge on any atom is 0.230 e. The summed E-state index contributed by atoms with van der Waals surface area (Å²) >= 11 is 3.35. The number of halogens is 1. The van der Waals surface area contributed by atoms with Crippen LogP contribution in [0, 0.1) is 5.92 Å². The first-order valence-corrected chi connectivity index (χ1v) is 5.52. The van der Waals surface area contributed by atoms with Gasteiger partial charge < -0.3 is 0 Å². The summed E-state index contributed by atoms with van der Waals surface area (Å²) in [6.07, 6.45) is 0.944. The second-order valence-corrected chi connectivity index (χ2v) is 4.56. The van der Waals surface area contributed by atoms with Crippen LogP contribution >= 0.6 is 15.9 Å². The average molecular weight is 268 g/mol. The van der Waals surface area contributed by atoms with Crippen molar-refractivity contribution in [2.24, 2.45) is 5.92 Å². The van der Waals surface area contributed by atoms with Gasteiger partial charge in [-0.15, -0.1) is 0 Å². The fourth-order valence-electron chi connectivity index (χ4n) is 1.68. The molecular weight excluding hydrogens is 258 g/mol. The van der Waals surface area contributed by atoms with Gasteiger partial charge in [0.1, 0.15) is 0 Å². The first kappa shape index (κ1) is 10.4. The van der Waals surface area contributed by atoms with Crippen LogP contribution in [-0.2, 0) is 16.0 Å². The first-order valence-electron chi connectivity index (χ1n) is 4.73. The van der Waals surface area contributed by atoms with Crippen molar-refractivity contribution in [1.29, 1.82) is 0 Å². The monoisotopic (exact) mass is 267 g/mol. The number of carbonyl (C=O) groups excluding carboxylic acids is 2. The third-order valence-corrected chi connectivity index (χ3v) is 2.99. The van der Waals surface area contributed by atoms with E-state index >= 15 is 0 Å². The molecule has 0 aromatic heterocycles. The van der Waals surface area contributed by atoms with E-state index in [4.69, 9.17) is 0 Å². The second kappa shape index (κ2) is 4.14. The van der Waals surface area contributed by atoms with Gasteiger partial charge in [-0.1, -0.05) is 28.1 Å². The maximum absolute atomic E-state index is 11.3. The highest BCUT2D eigenvalue weighted by Gasteiger charge is 2.30. The van der Waals surface area contributed by atoms with Crippen LogP contribution in [0.1, 0.15) is 12.0 Å². The zero-order valence-corrected chi connectivity index (χ0v) is 9.58. The van der Waals surface area contributed by atoms with Gasteiger partial charge in [0, 0.05) is 10.9 Å². The lowest BCUT2D eigenvalue weighted by atomic mass is 9.98. The van der Waals surface area contributed by atoms with Crippen LogP contribution in [0.5, 0.6) is 0 Å². The Bertz CT molecular complexity index is 400. The lowest BCUT2D eigenvalue weighted by molar-refractivity contribution is -0.125. The van der Waals surface area contributed by atoms with Crippen LogP contribution in [0.15, 0.2) is 28.7 Å². The number of nitrogens with one attached hydrogen (secondary N) is 1. The molecule has 0 aliphatic carbocycles. The number of amides is 2. The Morgan fingerprint density at radius 3 is 2.47 bits per heavy atom. The van der Waals surface area contributed by atoms with Crippen LogP contribution in [-0.4, -0.2) is 11.8 Å². The normalized spacial score (nSPS) is 20.5. The van der Waals surface area contributed by atoms with E-state index in [1.54, 1.807) is 0 Å². The van der Waals surface area contributed by atoms with E-state index < -0.39 is 0 Å². The largest absolute Gasteiger partial charge is 0.296 e. The molecule has 1 heterocycles. The van der Waals surface area contributed by atoms with Crippen molar-refractivity contribution in [2.45, 2.75) is 12.8 Å². The van der Waals surface area contributed by atoms with Gasteiger partial charge in [0.15, 0.2) is 0 Å². The number of carbonyl (C=O) groups is 2. The van der Waals surface area contributed by atoms with E-state index in [9.17, 15) is 9.59 Å². The molecule has 0 radical (unpaired) electrons.